The zero-order valence-corrected chi connectivity index (χ0v) is 31.5. The van der Waals surface area contributed by atoms with E-state index in [1.807, 2.05) is 12.3 Å². The molecule has 1 atom stereocenters. The summed E-state index contributed by atoms with van der Waals surface area (Å²) in [5, 5.41) is 17.9. The van der Waals surface area contributed by atoms with Gasteiger partial charge in [-0.1, -0.05) is 120 Å². The Kier molecular flexibility index (Phi) is 7.98. The van der Waals surface area contributed by atoms with Crippen molar-refractivity contribution in [1.82, 2.24) is 9.55 Å². The van der Waals surface area contributed by atoms with E-state index in [0.29, 0.717) is 6.42 Å². The number of aliphatic hydroxyl groups is 1. The van der Waals surface area contributed by atoms with Crippen LogP contribution in [-0.4, -0.2) is 20.7 Å². The summed E-state index contributed by atoms with van der Waals surface area (Å²) in [6, 6.07) is 34.6. The molecule has 0 spiro atoms. The van der Waals surface area contributed by atoms with Gasteiger partial charge in [0.05, 0.1) is 27.6 Å². The first kappa shape index (κ1) is 33.7. The van der Waals surface area contributed by atoms with Crippen molar-refractivity contribution in [2.45, 2.75) is 78.7 Å². The molecule has 0 bridgehead atoms. The maximum absolute atomic E-state index is 11.6. The second-order valence-electron chi connectivity index (χ2n) is 16.6. The first-order valence-electron chi connectivity index (χ1n) is 18.4. The van der Waals surface area contributed by atoms with Gasteiger partial charge in [0.25, 0.3) is 0 Å². The molecule has 0 radical (unpaired) electrons. The molecule has 0 fully saturated rings. The lowest BCUT2D eigenvalue weighted by molar-refractivity contribution is 0.364. The topological polar surface area (TPSA) is 50.4 Å². The van der Waals surface area contributed by atoms with Gasteiger partial charge in [-0.3, -0.25) is 9.98 Å². The first-order valence-corrected chi connectivity index (χ1v) is 18.4. The number of benzene rings is 5. The molecule has 7 aromatic rings. The number of rotatable bonds is 3. The molecule has 260 valence electrons. The van der Waals surface area contributed by atoms with Crippen LogP contribution >= 0.6 is 0 Å². The Morgan fingerprint density at radius 2 is 1.38 bits per heavy atom. The lowest BCUT2D eigenvalue weighted by atomic mass is 9.85. The predicted molar refractivity (Wildman–Crippen MR) is 220 cm³/mol. The lowest BCUT2D eigenvalue weighted by Gasteiger charge is -2.22. The van der Waals surface area contributed by atoms with E-state index in [2.05, 4.69) is 163 Å². The lowest BCUT2D eigenvalue weighted by Crippen LogP contribution is -2.19. The van der Waals surface area contributed by atoms with Gasteiger partial charge < -0.3 is 9.67 Å². The van der Waals surface area contributed by atoms with Gasteiger partial charge in [-0.2, -0.15) is 0 Å². The number of aryl methyl sites for hydroxylation is 2. The molecular formula is C48H47N3O. The van der Waals surface area contributed by atoms with Gasteiger partial charge in [-0.05, 0) is 100 Å². The van der Waals surface area contributed by atoms with Crippen molar-refractivity contribution in [1.29, 1.82) is 0 Å². The van der Waals surface area contributed by atoms with Crippen LogP contribution < -0.4 is 5.36 Å². The van der Waals surface area contributed by atoms with Crippen LogP contribution in [-0.2, 0) is 10.8 Å². The van der Waals surface area contributed by atoms with Gasteiger partial charge >= 0.3 is 0 Å². The quantitative estimate of drug-likeness (QED) is 0.149. The Labute approximate surface area is 306 Å². The molecule has 0 saturated heterocycles. The number of aromatic nitrogens is 2. The fourth-order valence-electron chi connectivity index (χ4n) is 7.74. The van der Waals surface area contributed by atoms with Gasteiger partial charge in [0.2, 0.25) is 0 Å². The van der Waals surface area contributed by atoms with Gasteiger partial charge in [0.1, 0.15) is 11.8 Å². The summed E-state index contributed by atoms with van der Waals surface area (Å²) in [7, 11) is 0. The molecule has 1 N–H and O–H groups in total. The first-order chi connectivity index (χ1) is 24.8. The summed E-state index contributed by atoms with van der Waals surface area (Å²) < 4.78 is 2.41. The Hall–Kier alpha value is -5.48. The summed E-state index contributed by atoms with van der Waals surface area (Å²) in [6.07, 6.45) is 6.74. The molecule has 8 rings (SSSR count). The summed E-state index contributed by atoms with van der Waals surface area (Å²) >= 11 is 0. The van der Waals surface area contributed by atoms with Crippen molar-refractivity contribution in [3.63, 3.8) is 0 Å². The van der Waals surface area contributed by atoms with E-state index in [1.165, 1.54) is 27.9 Å². The Morgan fingerprint density at radius 1 is 0.692 bits per heavy atom. The Bertz CT molecular complexity index is 2670. The third-order valence-corrected chi connectivity index (χ3v) is 10.8. The molecule has 5 aromatic carbocycles. The van der Waals surface area contributed by atoms with Crippen molar-refractivity contribution < 1.29 is 5.11 Å². The third kappa shape index (κ3) is 5.81. The van der Waals surface area contributed by atoms with Gasteiger partial charge in [-0.15, -0.1) is 0 Å². The number of fused-ring (bicyclic) bond motifs is 5. The predicted octanol–water partition coefficient (Wildman–Crippen LogP) is 11.9. The number of nitrogens with zero attached hydrogens (tertiary/aromatic N) is 3. The fraction of sp³-hybridized carbons (Fsp3) is 0.250. The highest BCUT2D eigenvalue weighted by Gasteiger charge is 2.22. The highest BCUT2D eigenvalue weighted by atomic mass is 16.3. The van der Waals surface area contributed by atoms with Crippen molar-refractivity contribution in [3.05, 3.63) is 154 Å². The van der Waals surface area contributed by atoms with Crippen LogP contribution in [0.25, 0.3) is 54.7 Å². The van der Waals surface area contributed by atoms with Crippen LogP contribution in [0.3, 0.4) is 0 Å². The summed E-state index contributed by atoms with van der Waals surface area (Å²) in [4.78, 5) is 10.5. The second kappa shape index (κ2) is 12.3. The molecule has 1 unspecified atom stereocenters. The number of aliphatic hydroxyl groups excluding tert-OH is 1. The molecule has 4 heteroatoms. The standard InChI is InChI=1S/C48H47N3O/c1-29-12-11-13-30(2)46(29)51-41-15-10-9-14-37(41)45(50-40-23-20-32(26-43(40)52)31-18-21-35(22-19-31)47(3,4)5)39-27-38-33(25-42(39)51)16-17-34-24-36(48(6,7)8)28-49-44(34)38/h9-22,24-28,40,52H,23H2,1-8H3. The number of hydrogen-bond donors (Lipinski definition) is 1. The summed E-state index contributed by atoms with van der Waals surface area (Å²) in [5.41, 5.74) is 11.4. The maximum Gasteiger partial charge on any atom is 0.118 e. The molecule has 0 aliphatic heterocycles. The molecule has 1 aliphatic rings. The molecular weight excluding hydrogens is 635 g/mol. The Morgan fingerprint density at radius 3 is 2.08 bits per heavy atom. The minimum absolute atomic E-state index is 0.00114. The number of para-hydroxylation sites is 2. The third-order valence-electron chi connectivity index (χ3n) is 10.8. The monoisotopic (exact) mass is 681 g/mol. The normalized spacial score (nSPS) is 15.8. The van der Waals surface area contributed by atoms with Crippen molar-refractivity contribution in [2.75, 3.05) is 0 Å². The van der Waals surface area contributed by atoms with Gasteiger partial charge in [0.15, 0.2) is 0 Å². The number of allylic oxidation sites excluding steroid dienone is 2. The minimum Gasteiger partial charge on any atom is -0.510 e. The molecule has 2 heterocycles. The van der Waals surface area contributed by atoms with E-state index in [-0.39, 0.29) is 16.6 Å². The average molecular weight is 682 g/mol. The SMILES string of the molecule is Cc1cccc(C)c1-n1c2ccccc2c(=NC2CC=C(c3ccc(C(C)(C)C)cc3)C=C2O)c2cc3c(ccc4cc(C(C)(C)C)cnc43)cc21. The molecule has 0 amide bonds. The van der Waals surface area contributed by atoms with Gasteiger partial charge in [-0.25, -0.2) is 0 Å². The molecule has 52 heavy (non-hydrogen) atoms. The van der Waals surface area contributed by atoms with E-state index < -0.39 is 6.04 Å². The van der Waals surface area contributed by atoms with E-state index in [4.69, 9.17) is 9.98 Å². The van der Waals surface area contributed by atoms with Crippen LogP contribution in [0.4, 0.5) is 0 Å². The zero-order chi connectivity index (χ0) is 36.5. The highest BCUT2D eigenvalue weighted by Crippen LogP contribution is 2.35. The van der Waals surface area contributed by atoms with E-state index in [0.717, 1.165) is 60.0 Å². The minimum atomic E-state index is -0.407. The fourth-order valence-corrected chi connectivity index (χ4v) is 7.74. The van der Waals surface area contributed by atoms with Crippen molar-refractivity contribution in [3.8, 4) is 5.69 Å². The highest BCUT2D eigenvalue weighted by molar-refractivity contribution is 6.11. The summed E-state index contributed by atoms with van der Waals surface area (Å²) in [6.45, 7) is 17.7. The van der Waals surface area contributed by atoms with E-state index in [1.54, 1.807) is 0 Å². The van der Waals surface area contributed by atoms with Crippen LogP contribution in [0.5, 0.6) is 0 Å². The van der Waals surface area contributed by atoms with Crippen LogP contribution in [0.1, 0.15) is 75.8 Å². The zero-order valence-electron chi connectivity index (χ0n) is 31.5. The molecule has 4 nitrogen and oxygen atoms in total. The van der Waals surface area contributed by atoms with Crippen molar-refractivity contribution in [2.24, 2.45) is 4.99 Å². The molecule has 2 aromatic heterocycles. The molecule has 1 aliphatic carbocycles. The molecule has 0 saturated carbocycles. The number of hydrogen-bond acceptors (Lipinski definition) is 3. The second-order valence-corrected chi connectivity index (χ2v) is 16.6. The van der Waals surface area contributed by atoms with E-state index in [9.17, 15) is 5.11 Å². The largest absolute Gasteiger partial charge is 0.510 e. The van der Waals surface area contributed by atoms with Crippen molar-refractivity contribution >= 4 is 49.1 Å². The van der Waals surface area contributed by atoms with Crippen LogP contribution in [0.15, 0.2) is 126 Å². The summed E-state index contributed by atoms with van der Waals surface area (Å²) in [5.74, 6) is 0.281. The maximum atomic E-state index is 11.6. The average Bonchev–Trinajstić information content (AvgIpc) is 3.11. The Balaban J connectivity index is 1.39. The number of pyridine rings is 2. The smallest absolute Gasteiger partial charge is 0.118 e. The van der Waals surface area contributed by atoms with Crippen LogP contribution in [0, 0.1) is 13.8 Å². The van der Waals surface area contributed by atoms with Crippen LogP contribution in [0.2, 0.25) is 0 Å². The van der Waals surface area contributed by atoms with E-state index >= 15 is 0 Å². The van der Waals surface area contributed by atoms with Gasteiger partial charge in [0, 0.05) is 27.7 Å².